The van der Waals surface area contributed by atoms with Crippen molar-refractivity contribution < 1.29 is 0 Å². The first-order valence-corrected chi connectivity index (χ1v) is 4.56. The Kier molecular flexibility index (Phi) is 3.11. The predicted octanol–water partition coefficient (Wildman–Crippen LogP) is 0.869. The van der Waals surface area contributed by atoms with Crippen LogP contribution in [-0.2, 0) is 0 Å². The van der Waals surface area contributed by atoms with Crippen LogP contribution in [0.25, 0.3) is 0 Å². The molecule has 0 amide bonds. The van der Waals surface area contributed by atoms with Gasteiger partial charge in [-0.2, -0.15) is 4.98 Å². The van der Waals surface area contributed by atoms with E-state index in [2.05, 4.69) is 40.9 Å². The molecule has 0 aliphatic rings. The van der Waals surface area contributed by atoms with Gasteiger partial charge in [0.1, 0.15) is 0 Å². The summed E-state index contributed by atoms with van der Waals surface area (Å²) in [5, 5.41) is 6.64. The van der Waals surface area contributed by atoms with Gasteiger partial charge in [-0.05, 0) is 12.8 Å². The highest BCUT2D eigenvalue weighted by molar-refractivity contribution is 5.33. The van der Waals surface area contributed by atoms with Gasteiger partial charge in [0.25, 0.3) is 0 Å². The van der Waals surface area contributed by atoms with Crippen molar-refractivity contribution in [2.24, 2.45) is 5.92 Å². The molecule has 0 bridgehead atoms. The van der Waals surface area contributed by atoms with Crippen LogP contribution in [-0.4, -0.2) is 28.3 Å². The van der Waals surface area contributed by atoms with Crippen LogP contribution in [0.3, 0.4) is 0 Å². The van der Waals surface area contributed by atoms with E-state index < -0.39 is 0 Å². The number of aromatic amines is 1. The summed E-state index contributed by atoms with van der Waals surface area (Å²) in [6.07, 6.45) is 0. The SMILES string of the molecule is CCN(CC(C)C)c1n[nH]c(N)n1. The van der Waals surface area contributed by atoms with Crippen molar-refractivity contribution in [3.8, 4) is 0 Å². The highest BCUT2D eigenvalue weighted by atomic mass is 15.4. The van der Waals surface area contributed by atoms with Crippen LogP contribution in [0.5, 0.6) is 0 Å². The molecule has 13 heavy (non-hydrogen) atoms. The molecule has 1 heterocycles. The molecule has 0 aliphatic carbocycles. The van der Waals surface area contributed by atoms with Crippen molar-refractivity contribution in [1.29, 1.82) is 0 Å². The Morgan fingerprint density at radius 2 is 2.23 bits per heavy atom. The number of hydrogen-bond donors (Lipinski definition) is 2. The summed E-state index contributed by atoms with van der Waals surface area (Å²) in [7, 11) is 0. The molecule has 0 atom stereocenters. The second kappa shape index (κ2) is 4.11. The fraction of sp³-hybridized carbons (Fsp3) is 0.750. The topological polar surface area (TPSA) is 70.8 Å². The van der Waals surface area contributed by atoms with Crippen LogP contribution < -0.4 is 10.6 Å². The second-order valence-electron chi connectivity index (χ2n) is 3.45. The van der Waals surface area contributed by atoms with Gasteiger partial charge in [0.05, 0.1) is 0 Å². The predicted molar refractivity (Wildman–Crippen MR) is 53.5 cm³/mol. The van der Waals surface area contributed by atoms with E-state index in [1.165, 1.54) is 0 Å². The van der Waals surface area contributed by atoms with Crippen LogP contribution in [0.1, 0.15) is 20.8 Å². The van der Waals surface area contributed by atoms with Gasteiger partial charge >= 0.3 is 0 Å². The lowest BCUT2D eigenvalue weighted by molar-refractivity contribution is 0.610. The zero-order chi connectivity index (χ0) is 9.84. The Hall–Kier alpha value is -1.26. The van der Waals surface area contributed by atoms with Crippen molar-refractivity contribution in [2.45, 2.75) is 20.8 Å². The molecule has 1 aromatic heterocycles. The minimum Gasteiger partial charge on any atom is -0.368 e. The largest absolute Gasteiger partial charge is 0.368 e. The number of nitrogens with two attached hydrogens (primary N) is 1. The van der Waals surface area contributed by atoms with Crippen LogP contribution in [0, 0.1) is 5.92 Å². The molecule has 0 fully saturated rings. The quantitative estimate of drug-likeness (QED) is 0.726. The van der Waals surface area contributed by atoms with Crippen LogP contribution in [0.15, 0.2) is 0 Å². The van der Waals surface area contributed by atoms with Crippen LogP contribution in [0.4, 0.5) is 11.9 Å². The van der Waals surface area contributed by atoms with Crippen molar-refractivity contribution in [3.05, 3.63) is 0 Å². The van der Waals surface area contributed by atoms with E-state index in [4.69, 9.17) is 5.73 Å². The zero-order valence-corrected chi connectivity index (χ0v) is 8.41. The maximum Gasteiger partial charge on any atom is 0.246 e. The number of hydrogen-bond acceptors (Lipinski definition) is 4. The zero-order valence-electron chi connectivity index (χ0n) is 8.41. The monoisotopic (exact) mass is 183 g/mol. The molecule has 1 aromatic rings. The Labute approximate surface area is 78.3 Å². The lowest BCUT2D eigenvalue weighted by Gasteiger charge is -2.20. The molecule has 5 nitrogen and oxygen atoms in total. The molecule has 0 spiro atoms. The first-order valence-electron chi connectivity index (χ1n) is 4.56. The van der Waals surface area contributed by atoms with Crippen molar-refractivity contribution in [3.63, 3.8) is 0 Å². The van der Waals surface area contributed by atoms with Crippen molar-refractivity contribution in [2.75, 3.05) is 23.7 Å². The molecule has 3 N–H and O–H groups in total. The molecule has 0 saturated carbocycles. The molecule has 0 radical (unpaired) electrons. The average Bonchev–Trinajstić information content (AvgIpc) is 2.47. The van der Waals surface area contributed by atoms with E-state index in [0.29, 0.717) is 17.8 Å². The molecular weight excluding hydrogens is 166 g/mol. The van der Waals surface area contributed by atoms with Gasteiger partial charge in [0.15, 0.2) is 0 Å². The van der Waals surface area contributed by atoms with E-state index in [1.54, 1.807) is 0 Å². The first-order chi connectivity index (χ1) is 6.13. The van der Waals surface area contributed by atoms with Crippen LogP contribution >= 0.6 is 0 Å². The third-order valence-electron chi connectivity index (χ3n) is 1.74. The standard InChI is InChI=1S/C8H17N5/c1-4-13(5-6(2)3)8-10-7(9)11-12-8/h6H,4-5H2,1-3H3,(H3,9,10,11,12). The smallest absolute Gasteiger partial charge is 0.246 e. The third kappa shape index (κ3) is 2.61. The average molecular weight is 183 g/mol. The molecule has 0 unspecified atom stereocenters. The number of nitrogens with one attached hydrogen (secondary N) is 1. The molecular formula is C8H17N5. The number of anilines is 2. The Bertz CT molecular complexity index is 255. The first kappa shape index (κ1) is 9.83. The molecule has 74 valence electrons. The Balaban J connectivity index is 2.66. The van der Waals surface area contributed by atoms with E-state index in [-0.39, 0.29) is 0 Å². The van der Waals surface area contributed by atoms with E-state index in [1.807, 2.05) is 0 Å². The minimum absolute atomic E-state index is 0.372. The fourth-order valence-corrected chi connectivity index (χ4v) is 1.20. The molecule has 5 heteroatoms. The lowest BCUT2D eigenvalue weighted by atomic mass is 10.2. The van der Waals surface area contributed by atoms with E-state index >= 15 is 0 Å². The Morgan fingerprint density at radius 3 is 2.62 bits per heavy atom. The summed E-state index contributed by atoms with van der Waals surface area (Å²) in [5.41, 5.74) is 5.45. The fourth-order valence-electron chi connectivity index (χ4n) is 1.20. The maximum atomic E-state index is 5.45. The van der Waals surface area contributed by atoms with Gasteiger partial charge in [-0.3, -0.25) is 0 Å². The minimum atomic E-state index is 0.372. The summed E-state index contributed by atoms with van der Waals surface area (Å²) < 4.78 is 0. The number of nitrogen functional groups attached to an aromatic ring is 1. The van der Waals surface area contributed by atoms with Gasteiger partial charge in [0, 0.05) is 13.1 Å². The molecule has 0 aromatic carbocycles. The number of nitrogens with zero attached hydrogens (tertiary/aromatic N) is 3. The number of H-pyrrole nitrogens is 1. The van der Waals surface area contributed by atoms with Crippen molar-refractivity contribution >= 4 is 11.9 Å². The summed E-state index contributed by atoms with van der Waals surface area (Å²) in [4.78, 5) is 6.17. The van der Waals surface area contributed by atoms with Crippen LogP contribution in [0.2, 0.25) is 0 Å². The molecule has 0 saturated heterocycles. The summed E-state index contributed by atoms with van der Waals surface area (Å²) in [5.74, 6) is 1.66. The van der Waals surface area contributed by atoms with E-state index in [9.17, 15) is 0 Å². The summed E-state index contributed by atoms with van der Waals surface area (Å²) in [6, 6.07) is 0. The highest BCUT2D eigenvalue weighted by Gasteiger charge is 2.10. The third-order valence-corrected chi connectivity index (χ3v) is 1.74. The highest BCUT2D eigenvalue weighted by Crippen LogP contribution is 2.09. The van der Waals surface area contributed by atoms with Gasteiger partial charge in [-0.1, -0.05) is 13.8 Å². The van der Waals surface area contributed by atoms with Gasteiger partial charge < -0.3 is 10.6 Å². The normalized spacial score (nSPS) is 10.8. The number of rotatable bonds is 4. The molecule has 1 rings (SSSR count). The summed E-state index contributed by atoms with van der Waals surface area (Å²) >= 11 is 0. The van der Waals surface area contributed by atoms with E-state index in [0.717, 1.165) is 13.1 Å². The number of aromatic nitrogens is 3. The Morgan fingerprint density at radius 1 is 1.54 bits per heavy atom. The van der Waals surface area contributed by atoms with Gasteiger partial charge in [-0.25, -0.2) is 5.10 Å². The lowest BCUT2D eigenvalue weighted by Crippen LogP contribution is -2.28. The summed E-state index contributed by atoms with van der Waals surface area (Å²) in [6.45, 7) is 8.26. The van der Waals surface area contributed by atoms with Gasteiger partial charge in [-0.15, -0.1) is 5.10 Å². The van der Waals surface area contributed by atoms with Crippen molar-refractivity contribution in [1.82, 2.24) is 15.2 Å². The molecule has 0 aliphatic heterocycles. The van der Waals surface area contributed by atoms with Gasteiger partial charge in [0.2, 0.25) is 11.9 Å². The second-order valence-corrected chi connectivity index (χ2v) is 3.45. The maximum absolute atomic E-state index is 5.45.